The molecule has 1 aromatic heterocycles. The van der Waals surface area contributed by atoms with E-state index in [9.17, 15) is 4.39 Å². The van der Waals surface area contributed by atoms with E-state index in [4.69, 9.17) is 9.52 Å². The normalized spacial score (nSPS) is 13.2. The molecule has 0 amide bonds. The summed E-state index contributed by atoms with van der Waals surface area (Å²) in [7, 11) is 0. The number of rotatable bonds is 4. The fraction of sp³-hybridized carbons (Fsp3) is 0.333. The van der Waals surface area contributed by atoms with Crippen LogP contribution in [0, 0.1) is 5.82 Å². The summed E-state index contributed by atoms with van der Waals surface area (Å²) in [5.74, 6) is 0.470. The molecule has 2 rings (SSSR count). The maximum absolute atomic E-state index is 12.9. The van der Waals surface area contributed by atoms with Crippen LogP contribution in [-0.4, -0.2) is 17.8 Å². The standard InChI is InChI=1S/C12H14FNO2/c1-8(7-15)14-6-11-5-9-4-10(13)2-3-12(9)16-11/h2-5,8,14-15H,6-7H2,1H3/t8-/m0/s1. The Morgan fingerprint density at radius 1 is 1.44 bits per heavy atom. The van der Waals surface area contributed by atoms with Crippen LogP contribution in [0.25, 0.3) is 11.0 Å². The van der Waals surface area contributed by atoms with E-state index in [-0.39, 0.29) is 18.5 Å². The van der Waals surface area contributed by atoms with Gasteiger partial charge in [0.15, 0.2) is 0 Å². The molecule has 0 aliphatic carbocycles. The van der Waals surface area contributed by atoms with Crippen LogP contribution in [0.1, 0.15) is 12.7 Å². The van der Waals surface area contributed by atoms with E-state index in [0.29, 0.717) is 12.1 Å². The molecular weight excluding hydrogens is 209 g/mol. The largest absolute Gasteiger partial charge is 0.460 e. The Labute approximate surface area is 92.9 Å². The van der Waals surface area contributed by atoms with Crippen LogP contribution in [0.15, 0.2) is 28.7 Å². The molecule has 86 valence electrons. The van der Waals surface area contributed by atoms with Gasteiger partial charge in [0.1, 0.15) is 17.2 Å². The molecule has 0 fully saturated rings. The maximum Gasteiger partial charge on any atom is 0.134 e. The number of hydrogen-bond donors (Lipinski definition) is 2. The average molecular weight is 223 g/mol. The van der Waals surface area contributed by atoms with Gasteiger partial charge in [0.05, 0.1) is 13.2 Å². The van der Waals surface area contributed by atoms with Gasteiger partial charge in [-0.25, -0.2) is 4.39 Å². The predicted molar refractivity (Wildman–Crippen MR) is 59.6 cm³/mol. The minimum Gasteiger partial charge on any atom is -0.460 e. The van der Waals surface area contributed by atoms with Crippen molar-refractivity contribution in [3.05, 3.63) is 35.8 Å². The zero-order chi connectivity index (χ0) is 11.5. The second kappa shape index (κ2) is 4.63. The molecule has 0 unspecified atom stereocenters. The molecule has 16 heavy (non-hydrogen) atoms. The summed E-state index contributed by atoms with van der Waals surface area (Å²) in [5, 5.41) is 12.7. The highest BCUT2D eigenvalue weighted by Crippen LogP contribution is 2.20. The Morgan fingerprint density at radius 3 is 3.00 bits per heavy atom. The Bertz CT molecular complexity index is 481. The third kappa shape index (κ3) is 2.40. The quantitative estimate of drug-likeness (QED) is 0.833. The van der Waals surface area contributed by atoms with Crippen molar-refractivity contribution in [3.8, 4) is 0 Å². The molecular formula is C12H14FNO2. The van der Waals surface area contributed by atoms with Crippen LogP contribution in [0.2, 0.25) is 0 Å². The minimum absolute atomic E-state index is 0.0185. The number of aliphatic hydroxyl groups is 1. The molecule has 3 nitrogen and oxygen atoms in total. The number of aliphatic hydroxyl groups excluding tert-OH is 1. The van der Waals surface area contributed by atoms with E-state index in [0.717, 1.165) is 11.1 Å². The molecule has 0 saturated carbocycles. The van der Waals surface area contributed by atoms with E-state index in [1.54, 1.807) is 12.1 Å². The molecule has 0 aliphatic rings. The van der Waals surface area contributed by atoms with Gasteiger partial charge in [-0.2, -0.15) is 0 Å². The van der Waals surface area contributed by atoms with Crippen molar-refractivity contribution in [2.45, 2.75) is 19.5 Å². The smallest absolute Gasteiger partial charge is 0.134 e. The maximum atomic E-state index is 12.9. The second-order valence-electron chi connectivity index (χ2n) is 3.86. The lowest BCUT2D eigenvalue weighted by Gasteiger charge is -2.07. The number of benzene rings is 1. The van der Waals surface area contributed by atoms with Crippen LogP contribution in [0.5, 0.6) is 0 Å². The highest BCUT2D eigenvalue weighted by atomic mass is 19.1. The summed E-state index contributed by atoms with van der Waals surface area (Å²) in [6.45, 7) is 2.48. The molecule has 0 aliphatic heterocycles. The van der Waals surface area contributed by atoms with Crippen LogP contribution in [0.3, 0.4) is 0 Å². The van der Waals surface area contributed by atoms with Crippen molar-refractivity contribution in [2.75, 3.05) is 6.61 Å². The van der Waals surface area contributed by atoms with E-state index in [1.807, 2.05) is 6.92 Å². The van der Waals surface area contributed by atoms with E-state index in [1.165, 1.54) is 12.1 Å². The number of nitrogens with one attached hydrogen (secondary N) is 1. The third-order valence-corrected chi connectivity index (χ3v) is 2.43. The molecule has 2 N–H and O–H groups in total. The Hall–Kier alpha value is -1.39. The van der Waals surface area contributed by atoms with E-state index < -0.39 is 0 Å². The van der Waals surface area contributed by atoms with Gasteiger partial charge in [0.25, 0.3) is 0 Å². The lowest BCUT2D eigenvalue weighted by Crippen LogP contribution is -2.28. The first-order valence-corrected chi connectivity index (χ1v) is 5.21. The van der Waals surface area contributed by atoms with Gasteiger partial charge in [-0.3, -0.25) is 0 Å². The summed E-state index contributed by atoms with van der Waals surface area (Å²) in [4.78, 5) is 0. The SMILES string of the molecule is C[C@@H](CO)NCc1cc2cc(F)ccc2o1. The molecule has 1 heterocycles. The monoisotopic (exact) mass is 223 g/mol. The fourth-order valence-electron chi connectivity index (χ4n) is 1.50. The molecule has 2 aromatic rings. The molecule has 1 atom stereocenters. The van der Waals surface area contributed by atoms with Crippen molar-refractivity contribution in [1.29, 1.82) is 0 Å². The lowest BCUT2D eigenvalue weighted by molar-refractivity contribution is 0.248. The first-order valence-electron chi connectivity index (χ1n) is 5.21. The van der Waals surface area contributed by atoms with Crippen molar-refractivity contribution < 1.29 is 13.9 Å². The van der Waals surface area contributed by atoms with E-state index >= 15 is 0 Å². The van der Waals surface area contributed by atoms with Crippen molar-refractivity contribution >= 4 is 11.0 Å². The zero-order valence-electron chi connectivity index (χ0n) is 9.03. The summed E-state index contributed by atoms with van der Waals surface area (Å²) < 4.78 is 18.4. The molecule has 1 aromatic carbocycles. The number of hydrogen-bond acceptors (Lipinski definition) is 3. The Morgan fingerprint density at radius 2 is 2.25 bits per heavy atom. The highest BCUT2D eigenvalue weighted by Gasteiger charge is 2.06. The van der Waals surface area contributed by atoms with Gasteiger partial charge in [0, 0.05) is 11.4 Å². The Kier molecular flexibility index (Phi) is 3.22. The van der Waals surface area contributed by atoms with Crippen LogP contribution in [0.4, 0.5) is 4.39 Å². The summed E-state index contributed by atoms with van der Waals surface area (Å²) in [6.07, 6.45) is 0. The van der Waals surface area contributed by atoms with Crippen LogP contribution < -0.4 is 5.32 Å². The van der Waals surface area contributed by atoms with Crippen molar-refractivity contribution in [1.82, 2.24) is 5.32 Å². The molecule has 0 saturated heterocycles. The summed E-state index contributed by atoms with van der Waals surface area (Å²) in [5.41, 5.74) is 0.676. The van der Waals surface area contributed by atoms with Crippen LogP contribution >= 0.6 is 0 Å². The third-order valence-electron chi connectivity index (χ3n) is 2.43. The van der Waals surface area contributed by atoms with Crippen molar-refractivity contribution in [2.24, 2.45) is 0 Å². The molecule has 0 radical (unpaired) electrons. The predicted octanol–water partition coefficient (Wildman–Crippen LogP) is 2.04. The lowest BCUT2D eigenvalue weighted by atomic mass is 10.2. The van der Waals surface area contributed by atoms with Gasteiger partial charge in [-0.1, -0.05) is 0 Å². The summed E-state index contributed by atoms with van der Waals surface area (Å²) >= 11 is 0. The average Bonchev–Trinajstić information content (AvgIpc) is 2.67. The number of furan rings is 1. The highest BCUT2D eigenvalue weighted by molar-refractivity contribution is 5.77. The fourth-order valence-corrected chi connectivity index (χ4v) is 1.50. The number of halogens is 1. The summed E-state index contributed by atoms with van der Waals surface area (Å²) in [6, 6.07) is 6.25. The van der Waals surface area contributed by atoms with Gasteiger partial charge in [-0.05, 0) is 31.2 Å². The molecule has 4 heteroatoms. The van der Waals surface area contributed by atoms with E-state index in [2.05, 4.69) is 5.32 Å². The first-order chi connectivity index (χ1) is 7.69. The van der Waals surface area contributed by atoms with Crippen LogP contribution in [-0.2, 0) is 6.54 Å². The first kappa shape index (κ1) is 11.1. The topological polar surface area (TPSA) is 45.4 Å². The molecule has 0 bridgehead atoms. The van der Waals surface area contributed by atoms with Gasteiger partial charge < -0.3 is 14.8 Å². The van der Waals surface area contributed by atoms with Crippen molar-refractivity contribution in [3.63, 3.8) is 0 Å². The van der Waals surface area contributed by atoms with Gasteiger partial charge in [0.2, 0.25) is 0 Å². The number of fused-ring (bicyclic) bond motifs is 1. The zero-order valence-corrected chi connectivity index (χ0v) is 9.03. The van der Waals surface area contributed by atoms with Gasteiger partial charge in [-0.15, -0.1) is 0 Å². The Balaban J connectivity index is 2.13. The minimum atomic E-state index is -0.267. The molecule has 0 spiro atoms. The van der Waals surface area contributed by atoms with Gasteiger partial charge >= 0.3 is 0 Å². The second-order valence-corrected chi connectivity index (χ2v) is 3.86.